The second-order valence-corrected chi connectivity index (χ2v) is 3.18. The van der Waals surface area contributed by atoms with Crippen molar-refractivity contribution in [1.82, 2.24) is 14.8 Å². The summed E-state index contributed by atoms with van der Waals surface area (Å²) < 4.78 is 1.58. The Labute approximate surface area is 91.2 Å². The van der Waals surface area contributed by atoms with Crippen molar-refractivity contribution in [3.63, 3.8) is 0 Å². The van der Waals surface area contributed by atoms with Crippen molar-refractivity contribution in [2.45, 2.75) is 5.88 Å². The number of halogens is 1. The Balaban J connectivity index is 2.51. The number of hydrogen-bond donors (Lipinski definition) is 0. The van der Waals surface area contributed by atoms with Crippen LogP contribution in [-0.4, -0.2) is 14.8 Å². The van der Waals surface area contributed by atoms with Gasteiger partial charge in [-0.25, -0.2) is 4.68 Å². The van der Waals surface area contributed by atoms with Crippen LogP contribution in [0.2, 0.25) is 0 Å². The van der Waals surface area contributed by atoms with E-state index in [0.717, 1.165) is 5.69 Å². The van der Waals surface area contributed by atoms with Gasteiger partial charge in [0.2, 0.25) is 5.43 Å². The van der Waals surface area contributed by atoms with Gasteiger partial charge >= 0.3 is 0 Å². The van der Waals surface area contributed by atoms with Crippen molar-refractivity contribution in [3.8, 4) is 5.69 Å². The van der Waals surface area contributed by atoms with E-state index < -0.39 is 0 Å². The minimum absolute atomic E-state index is 0.111. The van der Waals surface area contributed by atoms with E-state index in [4.69, 9.17) is 11.6 Å². The van der Waals surface area contributed by atoms with E-state index in [1.165, 1.54) is 6.07 Å². The van der Waals surface area contributed by atoms with Crippen LogP contribution in [0.5, 0.6) is 0 Å². The van der Waals surface area contributed by atoms with Crippen molar-refractivity contribution < 1.29 is 0 Å². The Morgan fingerprint density at radius 3 is 2.93 bits per heavy atom. The van der Waals surface area contributed by atoms with Crippen LogP contribution in [0.15, 0.2) is 41.6 Å². The van der Waals surface area contributed by atoms with Crippen LogP contribution in [0, 0.1) is 0 Å². The van der Waals surface area contributed by atoms with Gasteiger partial charge in [-0.05, 0) is 12.1 Å². The predicted molar refractivity (Wildman–Crippen MR) is 57.2 cm³/mol. The summed E-state index contributed by atoms with van der Waals surface area (Å²) in [6.45, 7) is 0. The van der Waals surface area contributed by atoms with E-state index in [1.54, 1.807) is 29.3 Å². The van der Waals surface area contributed by atoms with Crippen LogP contribution in [0.3, 0.4) is 0 Å². The average molecular weight is 222 g/mol. The van der Waals surface area contributed by atoms with E-state index in [2.05, 4.69) is 10.1 Å². The Hall–Kier alpha value is -1.68. The molecule has 0 saturated carbocycles. The van der Waals surface area contributed by atoms with Gasteiger partial charge in [0.25, 0.3) is 0 Å². The molecule has 0 N–H and O–H groups in total. The maximum Gasteiger partial charge on any atom is 0.204 e. The number of nitrogens with zero attached hydrogens (tertiary/aromatic N) is 3. The molecular formula is C10H8ClN3O. The lowest BCUT2D eigenvalue weighted by atomic mass is 10.4. The number of alkyl halides is 1. The molecule has 76 valence electrons. The lowest BCUT2D eigenvalue weighted by Gasteiger charge is -2.04. The normalized spacial score (nSPS) is 10.2. The molecular weight excluding hydrogens is 214 g/mol. The number of pyridine rings is 1. The molecule has 0 unspecified atom stereocenters. The van der Waals surface area contributed by atoms with Crippen LogP contribution >= 0.6 is 11.6 Å². The second kappa shape index (κ2) is 4.23. The molecule has 0 aromatic carbocycles. The predicted octanol–water partition coefficient (Wildman–Crippen LogP) is 1.37. The second-order valence-electron chi connectivity index (χ2n) is 2.92. The highest BCUT2D eigenvalue weighted by atomic mass is 35.5. The number of hydrogen-bond acceptors (Lipinski definition) is 3. The van der Waals surface area contributed by atoms with Crippen LogP contribution in [-0.2, 0) is 5.88 Å². The molecule has 15 heavy (non-hydrogen) atoms. The first-order valence-corrected chi connectivity index (χ1v) is 4.90. The Bertz CT molecular complexity index is 510. The standard InChI is InChI=1S/C10H8ClN3O/c11-6-9-10(15)3-5-14(13-9)8-2-1-4-12-7-8/h1-5,7H,6H2. The van der Waals surface area contributed by atoms with Crippen molar-refractivity contribution in [2.75, 3.05) is 0 Å². The first kappa shape index (κ1) is 9.86. The number of rotatable bonds is 2. The van der Waals surface area contributed by atoms with E-state index >= 15 is 0 Å². The molecule has 0 aliphatic rings. The molecule has 2 heterocycles. The molecule has 2 aromatic rings. The molecule has 0 aliphatic carbocycles. The van der Waals surface area contributed by atoms with E-state index in [1.807, 2.05) is 6.07 Å². The molecule has 0 amide bonds. The third-order valence-corrected chi connectivity index (χ3v) is 2.17. The Kier molecular flexibility index (Phi) is 2.78. The summed E-state index contributed by atoms with van der Waals surface area (Å²) >= 11 is 5.60. The van der Waals surface area contributed by atoms with Gasteiger partial charge in [0.05, 0.1) is 17.8 Å². The molecule has 0 bridgehead atoms. The van der Waals surface area contributed by atoms with Crippen molar-refractivity contribution in [2.24, 2.45) is 0 Å². The van der Waals surface area contributed by atoms with Gasteiger partial charge in [0.1, 0.15) is 5.69 Å². The van der Waals surface area contributed by atoms with Crippen molar-refractivity contribution in [3.05, 3.63) is 52.7 Å². The Morgan fingerprint density at radius 2 is 2.27 bits per heavy atom. The summed E-state index contributed by atoms with van der Waals surface area (Å²) in [4.78, 5) is 15.2. The van der Waals surface area contributed by atoms with Crippen LogP contribution in [0.25, 0.3) is 5.69 Å². The SMILES string of the molecule is O=c1ccn(-c2cccnc2)nc1CCl. The fourth-order valence-corrected chi connectivity index (χ4v) is 1.36. The minimum Gasteiger partial charge on any atom is -0.288 e. The van der Waals surface area contributed by atoms with Gasteiger partial charge in [0, 0.05) is 18.5 Å². The first-order chi connectivity index (χ1) is 7.31. The highest BCUT2D eigenvalue weighted by Gasteiger charge is 2.01. The highest BCUT2D eigenvalue weighted by molar-refractivity contribution is 6.16. The molecule has 0 saturated heterocycles. The fourth-order valence-electron chi connectivity index (χ4n) is 1.17. The maximum atomic E-state index is 11.3. The summed E-state index contributed by atoms with van der Waals surface area (Å²) in [5, 5.41) is 4.09. The molecule has 0 fully saturated rings. The third kappa shape index (κ3) is 2.05. The lowest BCUT2D eigenvalue weighted by Crippen LogP contribution is -2.14. The first-order valence-electron chi connectivity index (χ1n) is 4.36. The maximum absolute atomic E-state index is 11.3. The largest absolute Gasteiger partial charge is 0.288 e. The summed E-state index contributed by atoms with van der Waals surface area (Å²) in [6, 6.07) is 5.09. The van der Waals surface area contributed by atoms with Gasteiger partial charge in [-0.1, -0.05) is 0 Å². The molecule has 2 aromatic heterocycles. The third-order valence-electron chi connectivity index (χ3n) is 1.92. The molecule has 4 nitrogen and oxygen atoms in total. The fraction of sp³-hybridized carbons (Fsp3) is 0.100. The van der Waals surface area contributed by atoms with Gasteiger partial charge in [-0.3, -0.25) is 9.78 Å². The summed E-state index contributed by atoms with van der Waals surface area (Å²) in [7, 11) is 0. The summed E-state index contributed by atoms with van der Waals surface area (Å²) in [5.41, 5.74) is 0.983. The zero-order valence-corrected chi connectivity index (χ0v) is 8.55. The van der Waals surface area contributed by atoms with Crippen LogP contribution < -0.4 is 5.43 Å². The van der Waals surface area contributed by atoms with Crippen LogP contribution in [0.1, 0.15) is 5.69 Å². The zero-order valence-electron chi connectivity index (χ0n) is 7.80. The van der Waals surface area contributed by atoms with E-state index in [0.29, 0.717) is 5.69 Å². The molecule has 5 heteroatoms. The van der Waals surface area contributed by atoms with Gasteiger partial charge < -0.3 is 0 Å². The number of aromatic nitrogens is 3. The molecule has 2 rings (SSSR count). The van der Waals surface area contributed by atoms with Gasteiger partial charge in [-0.2, -0.15) is 5.10 Å². The molecule has 0 spiro atoms. The minimum atomic E-state index is -0.148. The summed E-state index contributed by atoms with van der Waals surface area (Å²) in [6.07, 6.45) is 4.93. The smallest absolute Gasteiger partial charge is 0.204 e. The van der Waals surface area contributed by atoms with E-state index in [-0.39, 0.29) is 11.3 Å². The monoisotopic (exact) mass is 221 g/mol. The lowest BCUT2D eigenvalue weighted by molar-refractivity contribution is 0.800. The van der Waals surface area contributed by atoms with E-state index in [9.17, 15) is 4.79 Å². The molecule has 0 atom stereocenters. The zero-order chi connectivity index (χ0) is 10.7. The quantitative estimate of drug-likeness (QED) is 0.720. The Morgan fingerprint density at radius 1 is 1.40 bits per heavy atom. The molecule has 0 radical (unpaired) electrons. The van der Waals surface area contributed by atoms with Crippen molar-refractivity contribution >= 4 is 11.6 Å². The summed E-state index contributed by atoms with van der Waals surface area (Å²) in [5.74, 6) is 0.111. The van der Waals surface area contributed by atoms with Gasteiger partial charge in [-0.15, -0.1) is 11.6 Å². The topological polar surface area (TPSA) is 47.8 Å². The van der Waals surface area contributed by atoms with Crippen LogP contribution in [0.4, 0.5) is 0 Å². The van der Waals surface area contributed by atoms with Gasteiger partial charge in [0.15, 0.2) is 0 Å². The van der Waals surface area contributed by atoms with Crippen molar-refractivity contribution in [1.29, 1.82) is 0 Å². The highest BCUT2D eigenvalue weighted by Crippen LogP contribution is 2.02. The molecule has 0 aliphatic heterocycles. The average Bonchev–Trinajstić information content (AvgIpc) is 2.31.